The molecule has 7 heteroatoms. The van der Waals surface area contributed by atoms with Crippen molar-refractivity contribution in [3.63, 3.8) is 0 Å². The van der Waals surface area contributed by atoms with Gasteiger partial charge in [-0.25, -0.2) is 4.79 Å². The lowest BCUT2D eigenvalue weighted by molar-refractivity contribution is -0.137. The monoisotopic (exact) mass is 480 g/mol. The molecule has 0 radical (unpaired) electrons. The molecule has 0 saturated carbocycles. The van der Waals surface area contributed by atoms with Crippen molar-refractivity contribution in [1.82, 2.24) is 10.6 Å². The second kappa shape index (κ2) is 12.9. The highest BCUT2D eigenvalue weighted by atomic mass is 16.5. The van der Waals surface area contributed by atoms with Gasteiger partial charge in [0.05, 0.1) is 0 Å². The predicted octanol–water partition coefficient (Wildman–Crippen LogP) is 5.09. The zero-order valence-electron chi connectivity index (χ0n) is 20.6. The Morgan fingerprint density at radius 3 is 2.14 bits per heavy atom. The van der Waals surface area contributed by atoms with Gasteiger partial charge in [0.1, 0.15) is 12.6 Å². The number of aliphatic carboxylic acids is 1. The van der Waals surface area contributed by atoms with Gasteiger partial charge in [0.25, 0.3) is 0 Å². The Kier molecular flexibility index (Phi) is 9.70. The van der Waals surface area contributed by atoms with Gasteiger partial charge in [-0.3, -0.25) is 9.59 Å². The first-order chi connectivity index (χ1) is 16.9. The number of carboxylic acid groups (broad SMARTS) is 1. The average molecular weight is 481 g/mol. The first-order valence-corrected chi connectivity index (χ1v) is 12.6. The predicted molar refractivity (Wildman–Crippen MR) is 135 cm³/mol. The summed E-state index contributed by atoms with van der Waals surface area (Å²) in [4.78, 5) is 36.1. The van der Waals surface area contributed by atoms with Crippen LogP contribution >= 0.6 is 0 Å². The quantitative estimate of drug-likeness (QED) is 0.370. The zero-order chi connectivity index (χ0) is 25.2. The fourth-order valence-corrected chi connectivity index (χ4v) is 4.74. The number of benzene rings is 2. The zero-order valence-corrected chi connectivity index (χ0v) is 20.6. The van der Waals surface area contributed by atoms with Crippen LogP contribution in [0.4, 0.5) is 4.79 Å². The number of rotatable bonds is 13. The van der Waals surface area contributed by atoms with E-state index in [-0.39, 0.29) is 30.8 Å². The van der Waals surface area contributed by atoms with Crippen molar-refractivity contribution in [2.75, 3.05) is 13.2 Å². The van der Waals surface area contributed by atoms with Crippen molar-refractivity contribution in [1.29, 1.82) is 0 Å². The molecular formula is C28H36N2O5. The van der Waals surface area contributed by atoms with E-state index in [2.05, 4.69) is 34.9 Å². The van der Waals surface area contributed by atoms with Crippen LogP contribution in [0.2, 0.25) is 0 Å². The van der Waals surface area contributed by atoms with Gasteiger partial charge in [-0.2, -0.15) is 0 Å². The number of ether oxygens (including phenoxy) is 1. The molecule has 35 heavy (non-hydrogen) atoms. The maximum atomic E-state index is 12.7. The summed E-state index contributed by atoms with van der Waals surface area (Å²) < 4.78 is 5.60. The van der Waals surface area contributed by atoms with Crippen molar-refractivity contribution in [2.45, 2.75) is 64.3 Å². The van der Waals surface area contributed by atoms with Crippen LogP contribution in [0.25, 0.3) is 11.1 Å². The molecule has 1 unspecified atom stereocenters. The summed E-state index contributed by atoms with van der Waals surface area (Å²) in [5.41, 5.74) is 4.60. The highest BCUT2D eigenvalue weighted by molar-refractivity contribution is 5.85. The number of alkyl carbamates (subject to hydrolysis) is 1. The van der Waals surface area contributed by atoms with Crippen LogP contribution in [-0.4, -0.2) is 42.3 Å². The maximum absolute atomic E-state index is 12.7. The number of carbonyl (C=O) groups excluding carboxylic acids is 2. The van der Waals surface area contributed by atoms with Crippen LogP contribution in [-0.2, 0) is 14.3 Å². The number of nitrogens with one attached hydrogen (secondary N) is 2. The number of carbonyl (C=O) groups is 3. The van der Waals surface area contributed by atoms with Gasteiger partial charge in [-0.05, 0) is 47.4 Å². The number of amides is 2. The van der Waals surface area contributed by atoms with Gasteiger partial charge >= 0.3 is 12.1 Å². The fraction of sp³-hybridized carbons (Fsp3) is 0.464. The molecule has 0 aromatic heterocycles. The lowest BCUT2D eigenvalue weighted by Gasteiger charge is -2.20. The third kappa shape index (κ3) is 7.07. The SMILES string of the molecule is CCC[C@@H](NC(=O)OCC1c2ccccc2-c2ccccc21)C(=O)NCCC(CC)CCC(=O)O. The number of hydrogen-bond acceptors (Lipinski definition) is 4. The second-order valence-corrected chi connectivity index (χ2v) is 9.10. The van der Waals surface area contributed by atoms with Crippen molar-refractivity contribution >= 4 is 18.0 Å². The molecular weight excluding hydrogens is 444 g/mol. The molecule has 0 fully saturated rings. The Bertz CT molecular complexity index is 976. The van der Waals surface area contributed by atoms with E-state index in [4.69, 9.17) is 9.84 Å². The third-order valence-corrected chi connectivity index (χ3v) is 6.73. The molecule has 0 saturated heterocycles. The average Bonchev–Trinajstić information content (AvgIpc) is 3.18. The van der Waals surface area contributed by atoms with Crippen LogP contribution in [0.3, 0.4) is 0 Å². The number of hydrogen-bond donors (Lipinski definition) is 3. The van der Waals surface area contributed by atoms with Gasteiger partial charge in [-0.15, -0.1) is 0 Å². The molecule has 2 amide bonds. The molecule has 0 spiro atoms. The normalized spacial score (nSPS) is 13.9. The maximum Gasteiger partial charge on any atom is 0.407 e. The summed E-state index contributed by atoms with van der Waals surface area (Å²) in [5, 5.41) is 14.5. The molecule has 188 valence electrons. The van der Waals surface area contributed by atoms with Crippen LogP contribution in [0.1, 0.15) is 69.4 Å². The summed E-state index contributed by atoms with van der Waals surface area (Å²) in [6.45, 7) is 4.62. The number of carboxylic acids is 1. The molecule has 2 aromatic rings. The molecule has 2 atom stereocenters. The topological polar surface area (TPSA) is 105 Å². The first kappa shape index (κ1) is 26.3. The molecule has 1 aliphatic carbocycles. The highest BCUT2D eigenvalue weighted by Gasteiger charge is 2.29. The Hall–Kier alpha value is -3.35. The van der Waals surface area contributed by atoms with E-state index in [9.17, 15) is 14.4 Å². The van der Waals surface area contributed by atoms with Crippen molar-refractivity contribution in [3.8, 4) is 11.1 Å². The minimum atomic E-state index is -0.803. The highest BCUT2D eigenvalue weighted by Crippen LogP contribution is 2.44. The van der Waals surface area contributed by atoms with Crippen LogP contribution in [0.15, 0.2) is 48.5 Å². The summed E-state index contributed by atoms with van der Waals surface area (Å²) >= 11 is 0. The molecule has 0 heterocycles. The minimum absolute atomic E-state index is 0.0385. The summed E-state index contributed by atoms with van der Waals surface area (Å²) in [5.74, 6) is -0.842. The van der Waals surface area contributed by atoms with Gasteiger partial charge < -0.3 is 20.5 Å². The van der Waals surface area contributed by atoms with Gasteiger partial charge in [0.15, 0.2) is 0 Å². The molecule has 0 aliphatic heterocycles. The summed E-state index contributed by atoms with van der Waals surface area (Å²) in [6, 6.07) is 15.6. The first-order valence-electron chi connectivity index (χ1n) is 12.6. The molecule has 7 nitrogen and oxygen atoms in total. The molecule has 3 N–H and O–H groups in total. The second-order valence-electron chi connectivity index (χ2n) is 9.10. The van der Waals surface area contributed by atoms with E-state index in [1.807, 2.05) is 38.1 Å². The van der Waals surface area contributed by atoms with Gasteiger partial charge in [0.2, 0.25) is 5.91 Å². The number of fused-ring (bicyclic) bond motifs is 3. The van der Waals surface area contributed by atoms with Gasteiger partial charge in [-0.1, -0.05) is 75.2 Å². The fourth-order valence-electron chi connectivity index (χ4n) is 4.74. The molecule has 2 aromatic carbocycles. The molecule has 0 bridgehead atoms. The third-order valence-electron chi connectivity index (χ3n) is 6.73. The molecule has 3 rings (SSSR count). The Labute approximate surface area is 207 Å². The Morgan fingerprint density at radius 2 is 1.57 bits per heavy atom. The summed E-state index contributed by atoms with van der Waals surface area (Å²) in [6.07, 6.45) is 2.93. The lowest BCUT2D eigenvalue weighted by atomic mass is 9.96. The minimum Gasteiger partial charge on any atom is -0.481 e. The Morgan fingerprint density at radius 1 is 0.943 bits per heavy atom. The van der Waals surface area contributed by atoms with Crippen LogP contribution in [0, 0.1) is 5.92 Å². The largest absolute Gasteiger partial charge is 0.481 e. The lowest BCUT2D eigenvalue weighted by Crippen LogP contribution is -2.47. The van der Waals surface area contributed by atoms with Crippen molar-refractivity contribution in [3.05, 3.63) is 59.7 Å². The van der Waals surface area contributed by atoms with E-state index in [0.29, 0.717) is 25.8 Å². The van der Waals surface area contributed by atoms with E-state index >= 15 is 0 Å². The van der Waals surface area contributed by atoms with E-state index in [0.717, 1.165) is 35.1 Å². The van der Waals surface area contributed by atoms with E-state index in [1.54, 1.807) is 0 Å². The molecule has 1 aliphatic rings. The van der Waals surface area contributed by atoms with Crippen molar-refractivity contribution < 1.29 is 24.2 Å². The smallest absolute Gasteiger partial charge is 0.407 e. The van der Waals surface area contributed by atoms with E-state index < -0.39 is 18.1 Å². The van der Waals surface area contributed by atoms with Gasteiger partial charge in [0, 0.05) is 18.9 Å². The standard InChI is InChI=1S/C28H36N2O5/c1-3-9-25(27(33)29-17-16-19(4-2)14-15-26(31)32)30-28(34)35-18-24-22-12-7-5-10-20(22)21-11-6-8-13-23(21)24/h5-8,10-13,19,24-25H,3-4,9,14-18H2,1-2H3,(H,29,33)(H,30,34)(H,31,32)/t19?,25-/m1/s1. The van der Waals surface area contributed by atoms with Crippen LogP contribution < -0.4 is 10.6 Å². The Balaban J connectivity index is 1.52. The van der Waals surface area contributed by atoms with Crippen molar-refractivity contribution in [2.24, 2.45) is 5.92 Å². The van der Waals surface area contributed by atoms with Crippen LogP contribution in [0.5, 0.6) is 0 Å². The van der Waals surface area contributed by atoms with E-state index in [1.165, 1.54) is 0 Å². The summed E-state index contributed by atoms with van der Waals surface area (Å²) in [7, 11) is 0.